The van der Waals surface area contributed by atoms with Gasteiger partial charge in [-0.3, -0.25) is 0 Å². The third-order valence-electron chi connectivity index (χ3n) is 2.45. The van der Waals surface area contributed by atoms with Crippen molar-refractivity contribution in [3.8, 4) is 0 Å². The number of sulfonamides is 1. The summed E-state index contributed by atoms with van der Waals surface area (Å²) < 4.78 is 31.0. The minimum atomic E-state index is -3.46. The van der Waals surface area contributed by atoms with Gasteiger partial charge in [0, 0.05) is 19.7 Å². The SMILES string of the molecule is CCOCCN(CC)S(=O)(=O)C(CC)C(N)=S. The van der Waals surface area contributed by atoms with E-state index in [1.54, 1.807) is 13.8 Å². The van der Waals surface area contributed by atoms with Crippen molar-refractivity contribution in [1.82, 2.24) is 4.31 Å². The van der Waals surface area contributed by atoms with Crippen molar-refractivity contribution >= 4 is 27.2 Å². The summed E-state index contributed by atoms with van der Waals surface area (Å²) in [7, 11) is -3.46. The molecule has 102 valence electrons. The van der Waals surface area contributed by atoms with Crippen molar-refractivity contribution in [3.05, 3.63) is 0 Å². The molecule has 1 unspecified atom stereocenters. The summed E-state index contributed by atoms with van der Waals surface area (Å²) in [6.07, 6.45) is 0.392. The summed E-state index contributed by atoms with van der Waals surface area (Å²) in [6.45, 7) is 7.12. The van der Waals surface area contributed by atoms with Crippen molar-refractivity contribution < 1.29 is 13.2 Å². The molecule has 0 saturated heterocycles. The van der Waals surface area contributed by atoms with Crippen molar-refractivity contribution in [2.75, 3.05) is 26.3 Å². The van der Waals surface area contributed by atoms with E-state index in [0.29, 0.717) is 32.7 Å². The first-order valence-corrected chi connectivity index (χ1v) is 7.68. The highest BCUT2D eigenvalue weighted by molar-refractivity contribution is 7.92. The Bertz CT molecular complexity index is 330. The molecule has 0 heterocycles. The molecule has 0 spiro atoms. The standard InChI is InChI=1S/C10H22N2O3S2/c1-4-9(10(11)16)17(13,14)12(5-2)7-8-15-6-3/h9H,4-8H2,1-3H3,(H2,11,16). The van der Waals surface area contributed by atoms with Crippen LogP contribution < -0.4 is 5.73 Å². The minimum absolute atomic E-state index is 0.0300. The topological polar surface area (TPSA) is 72.6 Å². The maximum absolute atomic E-state index is 12.2. The van der Waals surface area contributed by atoms with Crippen LogP contribution in [0.25, 0.3) is 0 Å². The van der Waals surface area contributed by atoms with Gasteiger partial charge in [0.2, 0.25) is 10.0 Å². The molecule has 0 radical (unpaired) electrons. The molecule has 0 aliphatic heterocycles. The van der Waals surface area contributed by atoms with E-state index in [4.69, 9.17) is 22.7 Å². The Morgan fingerprint density at radius 2 is 2.00 bits per heavy atom. The van der Waals surface area contributed by atoms with Gasteiger partial charge in [-0.2, -0.15) is 4.31 Å². The first-order chi connectivity index (χ1) is 7.91. The van der Waals surface area contributed by atoms with Crippen molar-refractivity contribution in [2.24, 2.45) is 5.73 Å². The van der Waals surface area contributed by atoms with E-state index in [1.165, 1.54) is 4.31 Å². The quantitative estimate of drug-likeness (QED) is 0.499. The predicted octanol–water partition coefficient (Wildman–Crippen LogP) is 0.739. The van der Waals surface area contributed by atoms with Gasteiger partial charge in [-0.25, -0.2) is 8.42 Å². The number of thiocarbonyl (C=S) groups is 1. The minimum Gasteiger partial charge on any atom is -0.392 e. The summed E-state index contributed by atoms with van der Waals surface area (Å²) in [5.74, 6) is 0. The largest absolute Gasteiger partial charge is 0.392 e. The van der Waals surface area contributed by atoms with Gasteiger partial charge >= 0.3 is 0 Å². The van der Waals surface area contributed by atoms with E-state index in [2.05, 4.69) is 0 Å². The summed E-state index contributed by atoms with van der Waals surface area (Å²) in [4.78, 5) is 0.0300. The lowest BCUT2D eigenvalue weighted by Crippen LogP contribution is -2.45. The Balaban J connectivity index is 4.78. The number of hydrogen-bond donors (Lipinski definition) is 1. The highest BCUT2D eigenvalue weighted by Crippen LogP contribution is 2.12. The second kappa shape index (κ2) is 7.97. The molecule has 0 aromatic rings. The van der Waals surface area contributed by atoms with Crippen LogP contribution in [-0.2, 0) is 14.8 Å². The molecule has 17 heavy (non-hydrogen) atoms. The summed E-state index contributed by atoms with van der Waals surface area (Å²) in [5, 5.41) is -0.779. The fraction of sp³-hybridized carbons (Fsp3) is 0.900. The number of rotatable bonds is 9. The van der Waals surface area contributed by atoms with Crippen LogP contribution in [0, 0.1) is 0 Å². The second-order valence-electron chi connectivity index (χ2n) is 3.53. The number of likely N-dealkylation sites (N-methyl/N-ethyl adjacent to an activating group) is 1. The molecule has 0 aliphatic rings. The molecule has 7 heteroatoms. The second-order valence-corrected chi connectivity index (χ2v) is 6.12. The van der Waals surface area contributed by atoms with Crippen molar-refractivity contribution in [2.45, 2.75) is 32.4 Å². The van der Waals surface area contributed by atoms with E-state index in [1.807, 2.05) is 6.92 Å². The van der Waals surface area contributed by atoms with E-state index < -0.39 is 15.3 Å². The third kappa shape index (κ3) is 4.87. The Labute approximate surface area is 109 Å². The maximum atomic E-state index is 12.2. The van der Waals surface area contributed by atoms with Crippen LogP contribution >= 0.6 is 12.2 Å². The van der Waals surface area contributed by atoms with Gasteiger partial charge in [-0.15, -0.1) is 0 Å². The molecule has 0 rings (SSSR count). The molecule has 0 aromatic carbocycles. The van der Waals surface area contributed by atoms with Crippen molar-refractivity contribution in [3.63, 3.8) is 0 Å². The lowest BCUT2D eigenvalue weighted by atomic mass is 10.3. The zero-order chi connectivity index (χ0) is 13.5. The Morgan fingerprint density at radius 1 is 1.41 bits per heavy atom. The highest BCUT2D eigenvalue weighted by atomic mass is 32.2. The van der Waals surface area contributed by atoms with Crippen LogP contribution in [0.1, 0.15) is 27.2 Å². The predicted molar refractivity (Wildman–Crippen MR) is 73.5 cm³/mol. The maximum Gasteiger partial charge on any atom is 0.223 e. The lowest BCUT2D eigenvalue weighted by molar-refractivity contribution is 0.135. The van der Waals surface area contributed by atoms with Gasteiger partial charge in [0.1, 0.15) is 5.25 Å². The van der Waals surface area contributed by atoms with Crippen LogP contribution in [-0.4, -0.2) is 49.3 Å². The summed E-state index contributed by atoms with van der Waals surface area (Å²) >= 11 is 4.81. The van der Waals surface area contributed by atoms with E-state index in [-0.39, 0.29) is 4.99 Å². The molecule has 0 aromatic heterocycles. The van der Waals surface area contributed by atoms with Gasteiger partial charge in [-0.05, 0) is 13.3 Å². The Kier molecular flexibility index (Phi) is 7.85. The zero-order valence-electron chi connectivity index (χ0n) is 10.7. The Hall–Kier alpha value is -0.240. The molecule has 0 bridgehead atoms. The van der Waals surface area contributed by atoms with E-state index in [0.717, 1.165) is 0 Å². The van der Waals surface area contributed by atoms with E-state index in [9.17, 15) is 8.42 Å². The number of ether oxygens (including phenoxy) is 1. The normalized spacial score (nSPS) is 13.9. The molecule has 2 N–H and O–H groups in total. The molecule has 0 amide bonds. The van der Waals surface area contributed by atoms with Gasteiger partial charge in [-0.1, -0.05) is 26.1 Å². The fourth-order valence-electron chi connectivity index (χ4n) is 1.51. The smallest absolute Gasteiger partial charge is 0.223 e. The average Bonchev–Trinajstić information content (AvgIpc) is 2.24. The fourth-order valence-corrected chi connectivity index (χ4v) is 3.81. The lowest BCUT2D eigenvalue weighted by Gasteiger charge is -2.25. The molecule has 0 aliphatic carbocycles. The number of nitrogens with zero attached hydrogens (tertiary/aromatic N) is 1. The van der Waals surface area contributed by atoms with Gasteiger partial charge in [0.05, 0.1) is 11.6 Å². The molecule has 0 saturated carbocycles. The summed E-state index contributed by atoms with van der Waals surface area (Å²) in [5.41, 5.74) is 5.48. The van der Waals surface area contributed by atoms with Crippen LogP contribution in [0.4, 0.5) is 0 Å². The van der Waals surface area contributed by atoms with Crippen LogP contribution in [0.5, 0.6) is 0 Å². The number of hydrogen-bond acceptors (Lipinski definition) is 4. The van der Waals surface area contributed by atoms with Crippen LogP contribution in [0.3, 0.4) is 0 Å². The van der Waals surface area contributed by atoms with Crippen LogP contribution in [0.15, 0.2) is 0 Å². The molecule has 1 atom stereocenters. The highest BCUT2D eigenvalue weighted by Gasteiger charge is 2.31. The monoisotopic (exact) mass is 282 g/mol. The third-order valence-corrected chi connectivity index (χ3v) is 5.35. The number of nitrogens with two attached hydrogens (primary N) is 1. The van der Waals surface area contributed by atoms with E-state index >= 15 is 0 Å². The zero-order valence-corrected chi connectivity index (χ0v) is 12.3. The first kappa shape index (κ1) is 16.8. The molecular formula is C10H22N2O3S2. The molecule has 5 nitrogen and oxygen atoms in total. The molecular weight excluding hydrogens is 260 g/mol. The Morgan fingerprint density at radius 3 is 2.35 bits per heavy atom. The molecule has 0 fully saturated rings. The van der Waals surface area contributed by atoms with Gasteiger partial charge in [0.25, 0.3) is 0 Å². The van der Waals surface area contributed by atoms with Crippen LogP contribution in [0.2, 0.25) is 0 Å². The van der Waals surface area contributed by atoms with Gasteiger partial charge < -0.3 is 10.5 Å². The average molecular weight is 282 g/mol. The van der Waals surface area contributed by atoms with Gasteiger partial charge in [0.15, 0.2) is 0 Å². The first-order valence-electron chi connectivity index (χ1n) is 5.77. The summed E-state index contributed by atoms with van der Waals surface area (Å²) in [6, 6.07) is 0. The van der Waals surface area contributed by atoms with Crippen molar-refractivity contribution in [1.29, 1.82) is 0 Å².